The minimum absolute atomic E-state index is 0.0572. The third-order valence-electron chi connectivity index (χ3n) is 6.28. The quantitative estimate of drug-likeness (QED) is 0.355. The standard InChI is InChI=1S/C27H33F2N5O5/c1-4-12-32-23-22(24(36)33(26(32)37)13-7-14-35)34(17-19-11-10-18(3)30-16-19)25(31-23)38-20-8-6-9-21(15-20)39-27(28,29)5-2/h6,8-11,15-16,25,31,35H,4-5,7,12-14,17H2,1-3H3. The summed E-state index contributed by atoms with van der Waals surface area (Å²) in [5.74, 6) is 0.460. The van der Waals surface area contributed by atoms with Crippen molar-refractivity contribution in [1.82, 2.24) is 14.1 Å². The lowest BCUT2D eigenvalue weighted by atomic mass is 10.2. The minimum Gasteiger partial charge on any atom is -0.452 e. The molecule has 39 heavy (non-hydrogen) atoms. The van der Waals surface area contributed by atoms with Gasteiger partial charge in [0, 0.05) is 44.1 Å². The molecule has 1 atom stereocenters. The summed E-state index contributed by atoms with van der Waals surface area (Å²) in [6.07, 6.45) is -2.21. The molecule has 3 aromatic rings. The maximum Gasteiger partial charge on any atom is 0.397 e. The molecule has 0 spiro atoms. The van der Waals surface area contributed by atoms with E-state index in [-0.39, 0.29) is 43.3 Å². The molecule has 12 heteroatoms. The SMILES string of the molecule is CCCn1c2c(c(=O)n(CCCO)c1=O)N(Cc1ccc(C)nc1)C(Oc1cccc(OC(F)(F)CC)c1)N2. The maximum atomic E-state index is 13.8. The Balaban J connectivity index is 1.77. The highest BCUT2D eigenvalue weighted by Crippen LogP contribution is 2.34. The van der Waals surface area contributed by atoms with Crippen LogP contribution in [0.2, 0.25) is 0 Å². The van der Waals surface area contributed by atoms with Crippen LogP contribution in [0.4, 0.5) is 20.3 Å². The van der Waals surface area contributed by atoms with E-state index in [1.807, 2.05) is 26.0 Å². The molecule has 1 aliphatic rings. The molecular weight excluding hydrogens is 512 g/mol. The Bertz CT molecular complexity index is 1410. The van der Waals surface area contributed by atoms with Crippen LogP contribution in [0.1, 0.15) is 44.4 Å². The van der Waals surface area contributed by atoms with Crippen LogP contribution in [0.5, 0.6) is 11.5 Å². The van der Waals surface area contributed by atoms with Gasteiger partial charge in [-0.25, -0.2) is 4.79 Å². The van der Waals surface area contributed by atoms with Crippen LogP contribution in [-0.2, 0) is 19.6 Å². The Morgan fingerprint density at radius 1 is 1.10 bits per heavy atom. The van der Waals surface area contributed by atoms with E-state index in [1.165, 1.54) is 29.7 Å². The first-order valence-corrected chi connectivity index (χ1v) is 12.9. The van der Waals surface area contributed by atoms with Gasteiger partial charge < -0.3 is 24.8 Å². The molecule has 0 amide bonds. The summed E-state index contributed by atoms with van der Waals surface area (Å²) in [7, 11) is 0. The summed E-state index contributed by atoms with van der Waals surface area (Å²) in [4.78, 5) is 32.9. The van der Waals surface area contributed by atoms with E-state index in [9.17, 15) is 23.5 Å². The predicted molar refractivity (Wildman–Crippen MR) is 142 cm³/mol. The number of anilines is 2. The Morgan fingerprint density at radius 2 is 1.87 bits per heavy atom. The molecule has 1 aromatic carbocycles. The fourth-order valence-corrected chi connectivity index (χ4v) is 4.29. The number of benzene rings is 1. The molecule has 0 fully saturated rings. The second-order valence-corrected chi connectivity index (χ2v) is 9.28. The third kappa shape index (κ3) is 6.22. The van der Waals surface area contributed by atoms with Crippen molar-refractivity contribution in [2.24, 2.45) is 0 Å². The number of nitrogens with zero attached hydrogens (tertiary/aromatic N) is 4. The monoisotopic (exact) mass is 545 g/mol. The highest BCUT2D eigenvalue weighted by molar-refractivity contribution is 5.71. The summed E-state index contributed by atoms with van der Waals surface area (Å²) in [6, 6.07) is 9.60. The van der Waals surface area contributed by atoms with Crippen molar-refractivity contribution >= 4 is 11.5 Å². The van der Waals surface area contributed by atoms with E-state index in [4.69, 9.17) is 9.47 Å². The van der Waals surface area contributed by atoms with E-state index in [2.05, 4.69) is 10.3 Å². The molecule has 0 saturated heterocycles. The summed E-state index contributed by atoms with van der Waals surface area (Å²) in [5.41, 5.74) is 0.843. The fraction of sp³-hybridized carbons (Fsp3) is 0.444. The van der Waals surface area contributed by atoms with Crippen LogP contribution in [-0.4, -0.2) is 38.3 Å². The molecule has 0 radical (unpaired) electrons. The van der Waals surface area contributed by atoms with Gasteiger partial charge in [0.1, 0.15) is 23.0 Å². The van der Waals surface area contributed by atoms with Gasteiger partial charge >= 0.3 is 11.8 Å². The molecule has 4 rings (SSSR count). The van der Waals surface area contributed by atoms with Crippen molar-refractivity contribution < 1.29 is 23.4 Å². The van der Waals surface area contributed by atoms with Gasteiger partial charge in [-0.1, -0.05) is 26.0 Å². The van der Waals surface area contributed by atoms with Crippen molar-refractivity contribution in [1.29, 1.82) is 0 Å². The number of aliphatic hydroxyl groups is 1. The molecule has 0 saturated carbocycles. The largest absolute Gasteiger partial charge is 0.452 e. The van der Waals surface area contributed by atoms with Gasteiger partial charge in [0.15, 0.2) is 0 Å². The number of aromatic nitrogens is 3. The summed E-state index contributed by atoms with van der Waals surface area (Å²) in [6.45, 7) is 5.54. The van der Waals surface area contributed by atoms with Crippen molar-refractivity contribution in [3.05, 3.63) is 74.7 Å². The minimum atomic E-state index is -3.33. The number of aliphatic hydroxyl groups excluding tert-OH is 1. The number of aryl methyl sites for hydroxylation is 1. The average molecular weight is 546 g/mol. The third-order valence-corrected chi connectivity index (χ3v) is 6.28. The van der Waals surface area contributed by atoms with Gasteiger partial charge in [-0.3, -0.25) is 18.9 Å². The summed E-state index contributed by atoms with van der Waals surface area (Å²) >= 11 is 0. The van der Waals surface area contributed by atoms with Gasteiger partial charge in [-0.05, 0) is 43.5 Å². The number of hydrogen-bond donors (Lipinski definition) is 2. The number of halogens is 2. The first kappa shape index (κ1) is 28.1. The lowest BCUT2D eigenvalue weighted by molar-refractivity contribution is -0.177. The van der Waals surface area contributed by atoms with E-state index in [1.54, 1.807) is 17.2 Å². The zero-order chi connectivity index (χ0) is 28.2. The number of fused-ring (bicyclic) bond motifs is 1. The zero-order valence-corrected chi connectivity index (χ0v) is 22.2. The molecule has 0 aliphatic carbocycles. The number of rotatable bonds is 12. The molecule has 0 bridgehead atoms. The van der Waals surface area contributed by atoms with Crippen LogP contribution in [0.25, 0.3) is 0 Å². The van der Waals surface area contributed by atoms with Crippen molar-refractivity contribution in [3.8, 4) is 11.5 Å². The van der Waals surface area contributed by atoms with Gasteiger partial charge in [0.05, 0.1) is 6.54 Å². The lowest BCUT2D eigenvalue weighted by Crippen LogP contribution is -2.44. The van der Waals surface area contributed by atoms with E-state index in [0.717, 1.165) is 15.8 Å². The van der Waals surface area contributed by atoms with E-state index in [0.29, 0.717) is 18.8 Å². The molecule has 1 unspecified atom stereocenters. The zero-order valence-electron chi connectivity index (χ0n) is 22.2. The summed E-state index contributed by atoms with van der Waals surface area (Å²) in [5, 5.41) is 12.5. The molecule has 1 aliphatic heterocycles. The highest BCUT2D eigenvalue weighted by atomic mass is 19.3. The van der Waals surface area contributed by atoms with E-state index >= 15 is 0 Å². The normalized spacial score (nSPS) is 14.7. The molecule has 3 heterocycles. The Kier molecular flexibility index (Phi) is 8.54. The van der Waals surface area contributed by atoms with Crippen LogP contribution in [0.15, 0.2) is 52.2 Å². The molecular formula is C27H33F2N5O5. The Hall–Kier alpha value is -3.93. The smallest absolute Gasteiger partial charge is 0.397 e. The number of pyridine rings is 1. The van der Waals surface area contributed by atoms with Gasteiger partial charge in [0.25, 0.3) is 11.9 Å². The fourth-order valence-electron chi connectivity index (χ4n) is 4.29. The predicted octanol–water partition coefficient (Wildman–Crippen LogP) is 3.68. The first-order valence-electron chi connectivity index (χ1n) is 12.9. The maximum absolute atomic E-state index is 13.8. The van der Waals surface area contributed by atoms with Crippen LogP contribution in [0, 0.1) is 6.92 Å². The van der Waals surface area contributed by atoms with Crippen LogP contribution in [0.3, 0.4) is 0 Å². The van der Waals surface area contributed by atoms with Gasteiger partial charge in [-0.2, -0.15) is 8.78 Å². The molecule has 10 nitrogen and oxygen atoms in total. The van der Waals surface area contributed by atoms with E-state index < -0.39 is 30.1 Å². The van der Waals surface area contributed by atoms with Crippen molar-refractivity contribution in [2.45, 2.75) is 72.1 Å². The second-order valence-electron chi connectivity index (χ2n) is 9.28. The lowest BCUT2D eigenvalue weighted by Gasteiger charge is -2.27. The summed E-state index contributed by atoms with van der Waals surface area (Å²) < 4.78 is 41.3. The number of hydrogen-bond acceptors (Lipinski definition) is 8. The Morgan fingerprint density at radius 3 is 2.54 bits per heavy atom. The number of ether oxygens (including phenoxy) is 2. The van der Waals surface area contributed by atoms with Crippen LogP contribution < -0.4 is 30.9 Å². The van der Waals surface area contributed by atoms with Gasteiger partial charge in [0.2, 0.25) is 0 Å². The van der Waals surface area contributed by atoms with Crippen molar-refractivity contribution in [3.63, 3.8) is 0 Å². The Labute approximate surface area is 224 Å². The van der Waals surface area contributed by atoms with Crippen LogP contribution >= 0.6 is 0 Å². The van der Waals surface area contributed by atoms with Gasteiger partial charge in [-0.15, -0.1) is 0 Å². The first-order chi connectivity index (χ1) is 18.7. The molecule has 210 valence electrons. The molecule has 2 aromatic heterocycles. The number of nitrogens with one attached hydrogen (secondary N) is 1. The molecule has 2 N–H and O–H groups in total. The highest BCUT2D eigenvalue weighted by Gasteiger charge is 2.37. The average Bonchev–Trinajstić information content (AvgIpc) is 3.25. The second kappa shape index (κ2) is 11.9. The number of alkyl halides is 2. The topological polar surface area (TPSA) is 111 Å². The van der Waals surface area contributed by atoms with Crippen molar-refractivity contribution in [2.75, 3.05) is 16.8 Å².